The third kappa shape index (κ3) is 10.3. The molecular weight excluding hydrogens is 1250 g/mol. The maximum atomic E-state index is 15.1. The van der Waals surface area contributed by atoms with E-state index >= 15 is 13.2 Å². The Morgan fingerprint density at radius 1 is 0.306 bits per heavy atom. The van der Waals surface area contributed by atoms with Gasteiger partial charge in [-0.25, -0.2) is 9.69 Å². The van der Waals surface area contributed by atoms with Gasteiger partial charge in [-0.05, 0) is 170 Å². The van der Waals surface area contributed by atoms with Crippen LogP contribution in [0, 0.1) is 52.2 Å². The Kier molecular flexibility index (Phi) is 14.5. The van der Waals surface area contributed by atoms with Crippen molar-refractivity contribution >= 4 is 98.6 Å². The second kappa shape index (κ2) is 23.0. The summed E-state index contributed by atoms with van der Waals surface area (Å²) in [5, 5.41) is 17.4. The molecule has 476 valence electrons. The molecule has 0 amide bonds. The molecule has 0 saturated heterocycles. The van der Waals surface area contributed by atoms with E-state index in [4.69, 9.17) is 13.1 Å². The molecule has 0 atom stereocenters. The summed E-state index contributed by atoms with van der Waals surface area (Å²) in [6.07, 6.45) is -14.3. The van der Waals surface area contributed by atoms with Gasteiger partial charge in [0, 0.05) is 65.3 Å². The SMILES string of the molecule is [C-]#[N+]c1cc(-c2c(-n3c4ccccc4c4ccc(C)cc43)cc(C#N)cc2-n2c3ccccc3c3ccc(C)cc32)cc(C(F)(F)F)c1.[C-]#[N+]c1cc(-c2c(-n3c4ccccc4c4ccc(C)cc43)cc(C(F)(F)F)cc2-n2c3ccccc3c3ccc(C)cc32)cc(C(F)(F)F)c1. The van der Waals surface area contributed by atoms with Crippen LogP contribution in [0.3, 0.4) is 0 Å². The van der Waals surface area contributed by atoms with E-state index < -0.39 is 35.2 Å². The van der Waals surface area contributed by atoms with E-state index in [-0.39, 0.29) is 39.4 Å². The van der Waals surface area contributed by atoms with Gasteiger partial charge in [0.2, 0.25) is 0 Å². The molecule has 0 radical (unpaired) electrons. The molecule has 0 aliphatic carbocycles. The Morgan fingerprint density at radius 3 is 0.827 bits per heavy atom. The molecule has 98 heavy (non-hydrogen) atoms. The zero-order chi connectivity index (χ0) is 68.4. The highest BCUT2D eigenvalue weighted by Crippen LogP contribution is 2.50. The van der Waals surface area contributed by atoms with Gasteiger partial charge in [0.15, 0.2) is 11.4 Å². The number of benzene rings is 12. The lowest BCUT2D eigenvalue weighted by atomic mass is 9.95. The number of hydrogen-bond acceptors (Lipinski definition) is 1. The lowest BCUT2D eigenvalue weighted by Crippen LogP contribution is -2.12. The molecule has 7 nitrogen and oxygen atoms in total. The van der Waals surface area contributed by atoms with Gasteiger partial charge < -0.3 is 18.3 Å². The Balaban J connectivity index is 0.000000160. The van der Waals surface area contributed by atoms with Crippen molar-refractivity contribution in [2.75, 3.05) is 0 Å². The van der Waals surface area contributed by atoms with Crippen LogP contribution in [-0.4, -0.2) is 18.3 Å². The minimum absolute atomic E-state index is 0.0282. The number of aryl methyl sites for hydroxylation is 4. The third-order valence-electron chi connectivity index (χ3n) is 18.3. The van der Waals surface area contributed by atoms with Crippen molar-refractivity contribution in [3.63, 3.8) is 0 Å². The van der Waals surface area contributed by atoms with Crippen LogP contribution < -0.4 is 0 Å². The first-order chi connectivity index (χ1) is 47.0. The zero-order valence-corrected chi connectivity index (χ0v) is 52.5. The highest BCUT2D eigenvalue weighted by molar-refractivity contribution is 6.14. The maximum absolute atomic E-state index is 15.1. The fourth-order valence-corrected chi connectivity index (χ4v) is 14.1. The Hall–Kier alpha value is -12.3. The number of para-hydroxylation sites is 4. The first kappa shape index (κ1) is 61.8. The van der Waals surface area contributed by atoms with Crippen molar-refractivity contribution in [1.29, 1.82) is 5.26 Å². The van der Waals surface area contributed by atoms with E-state index in [1.54, 1.807) is 45.5 Å². The second-order valence-electron chi connectivity index (χ2n) is 24.6. The standard InChI is InChI=1S/C41H25F6N3.C41H25F3N4/c1-23-12-14-31-29-8-4-6-10-33(29)49(35(31)16-23)37-21-27(41(45,46)47)22-38(39(37)25-18-26(40(42,43)44)20-28(19-25)48-3)50-34-11-7-5-9-30(34)32-15-13-24(2)17-36(32)50;1-24-12-14-32-30-8-4-6-10-34(30)47(36(32)16-24)38-18-26(23-45)19-39(40(38)27-20-28(41(42,43)44)22-29(21-27)46-3)48-35-11-7-5-9-31(35)33-15-13-25(2)17-37(33)48/h4-22H,1-2H3;4-22H,1-2H3. The van der Waals surface area contributed by atoms with Gasteiger partial charge in [0.25, 0.3) is 0 Å². The van der Waals surface area contributed by atoms with Gasteiger partial charge in [0.1, 0.15) is 0 Å². The van der Waals surface area contributed by atoms with Crippen molar-refractivity contribution in [3.8, 4) is 51.1 Å². The first-order valence-electron chi connectivity index (χ1n) is 31.0. The Morgan fingerprint density at radius 2 is 0.561 bits per heavy atom. The van der Waals surface area contributed by atoms with Crippen LogP contribution in [0.15, 0.2) is 231 Å². The molecule has 0 bridgehead atoms. The van der Waals surface area contributed by atoms with Gasteiger partial charge in [0.05, 0.1) is 97.2 Å². The fraction of sp³-hybridized carbons (Fsp3) is 0.0854. The largest absolute Gasteiger partial charge is 0.416 e. The van der Waals surface area contributed by atoms with Crippen LogP contribution in [0.5, 0.6) is 0 Å². The number of nitrogens with zero attached hydrogens (tertiary/aromatic N) is 7. The van der Waals surface area contributed by atoms with Crippen LogP contribution >= 0.6 is 0 Å². The number of rotatable bonds is 6. The number of nitriles is 1. The molecule has 0 N–H and O–H groups in total. The number of fused-ring (bicyclic) bond motifs is 12. The molecule has 0 unspecified atom stereocenters. The van der Waals surface area contributed by atoms with Gasteiger partial charge in [-0.3, -0.25) is 0 Å². The van der Waals surface area contributed by atoms with Crippen LogP contribution in [0.2, 0.25) is 0 Å². The summed E-state index contributed by atoms with van der Waals surface area (Å²) in [5.41, 5.74) is 8.33. The Labute approximate surface area is 554 Å². The van der Waals surface area contributed by atoms with Crippen LogP contribution in [0.25, 0.3) is 142 Å². The van der Waals surface area contributed by atoms with Crippen LogP contribution in [-0.2, 0) is 18.5 Å². The molecule has 0 fully saturated rings. The summed E-state index contributed by atoms with van der Waals surface area (Å²) in [7, 11) is 0. The lowest BCUT2D eigenvalue weighted by Gasteiger charge is -2.23. The highest BCUT2D eigenvalue weighted by Gasteiger charge is 2.37. The van der Waals surface area contributed by atoms with E-state index in [9.17, 15) is 31.6 Å². The van der Waals surface area contributed by atoms with E-state index in [0.717, 1.165) is 124 Å². The zero-order valence-electron chi connectivity index (χ0n) is 52.5. The molecule has 0 saturated carbocycles. The van der Waals surface area contributed by atoms with Crippen LogP contribution in [0.4, 0.5) is 50.9 Å². The van der Waals surface area contributed by atoms with Crippen molar-refractivity contribution in [2.45, 2.75) is 46.2 Å². The smallest absolute Gasteiger partial charge is 0.309 e. The summed E-state index contributed by atoms with van der Waals surface area (Å²) >= 11 is 0. The van der Waals surface area contributed by atoms with Crippen molar-refractivity contribution in [1.82, 2.24) is 18.3 Å². The molecule has 16 rings (SSSR count). The molecule has 0 aliphatic rings. The van der Waals surface area contributed by atoms with Crippen molar-refractivity contribution in [3.05, 3.63) is 298 Å². The third-order valence-corrected chi connectivity index (χ3v) is 18.3. The molecule has 16 aromatic rings. The summed E-state index contributed by atoms with van der Waals surface area (Å²) < 4.78 is 139. The second-order valence-corrected chi connectivity index (χ2v) is 24.6. The highest BCUT2D eigenvalue weighted by atomic mass is 19.4. The summed E-state index contributed by atoms with van der Waals surface area (Å²) in [6.45, 7) is 23.1. The molecule has 4 aromatic heterocycles. The number of alkyl halides is 9. The number of hydrogen-bond donors (Lipinski definition) is 0. The average molecular weight is 1300 g/mol. The fourth-order valence-electron chi connectivity index (χ4n) is 14.1. The summed E-state index contributed by atoms with van der Waals surface area (Å²) in [4.78, 5) is 6.81. The molecule has 16 heteroatoms. The number of aromatic nitrogens is 4. The quantitative estimate of drug-likeness (QED) is 0.121. The van der Waals surface area contributed by atoms with E-state index in [1.165, 1.54) is 12.1 Å². The molecular formula is C82H50F9N7. The minimum Gasteiger partial charge on any atom is -0.309 e. The van der Waals surface area contributed by atoms with E-state index in [0.29, 0.717) is 44.6 Å². The minimum atomic E-state index is -4.82. The first-order valence-corrected chi connectivity index (χ1v) is 31.0. The van der Waals surface area contributed by atoms with E-state index in [1.807, 2.05) is 158 Å². The van der Waals surface area contributed by atoms with Crippen molar-refractivity contribution in [2.24, 2.45) is 0 Å². The molecule has 0 aliphatic heterocycles. The predicted octanol–water partition coefficient (Wildman–Crippen LogP) is 24.4. The summed E-state index contributed by atoms with van der Waals surface area (Å²) in [5.74, 6) is 0. The van der Waals surface area contributed by atoms with Gasteiger partial charge in [-0.15, -0.1) is 0 Å². The lowest BCUT2D eigenvalue weighted by molar-refractivity contribution is -0.138. The van der Waals surface area contributed by atoms with Gasteiger partial charge >= 0.3 is 18.5 Å². The molecule has 0 spiro atoms. The topological polar surface area (TPSA) is 52.2 Å². The normalized spacial score (nSPS) is 12.1. The molecule has 4 heterocycles. The monoisotopic (exact) mass is 1300 g/mol. The summed E-state index contributed by atoms with van der Waals surface area (Å²) in [6, 6.07) is 68.2. The molecule has 12 aromatic carbocycles. The van der Waals surface area contributed by atoms with E-state index in [2.05, 4.69) is 40.0 Å². The Bertz CT molecular complexity index is 5900. The van der Waals surface area contributed by atoms with Crippen molar-refractivity contribution < 1.29 is 39.5 Å². The average Bonchev–Trinajstić information content (AvgIpc) is 1.54. The number of halogens is 9. The van der Waals surface area contributed by atoms with Gasteiger partial charge in [-0.1, -0.05) is 121 Å². The van der Waals surface area contributed by atoms with Gasteiger partial charge in [-0.2, -0.15) is 44.8 Å². The maximum Gasteiger partial charge on any atom is 0.416 e. The van der Waals surface area contributed by atoms with Crippen LogP contribution in [0.1, 0.15) is 44.5 Å². The predicted molar refractivity (Wildman–Crippen MR) is 372 cm³/mol.